The van der Waals surface area contributed by atoms with Crippen LogP contribution in [0.5, 0.6) is 0 Å². The van der Waals surface area contributed by atoms with Gasteiger partial charge in [-0.15, -0.1) is 0 Å². The molecule has 0 saturated carbocycles. The normalized spacial score (nSPS) is 11.0. The summed E-state index contributed by atoms with van der Waals surface area (Å²) in [5.74, 6) is -0.780. The van der Waals surface area contributed by atoms with Crippen LogP contribution < -0.4 is 10.9 Å². The minimum Gasteiger partial charge on any atom is -0.298 e. The number of hydrogen-bond acceptors (Lipinski definition) is 3. The molecule has 0 fully saturated rings. The smallest absolute Gasteiger partial charge is 0.298 e. The van der Waals surface area contributed by atoms with Gasteiger partial charge in [0.15, 0.2) is 5.78 Å². The highest BCUT2D eigenvalue weighted by Crippen LogP contribution is 2.34. The Morgan fingerprint density at radius 2 is 1.50 bits per heavy atom. The minimum absolute atomic E-state index is 0.0293. The highest BCUT2D eigenvalue weighted by molar-refractivity contribution is 5.97. The van der Waals surface area contributed by atoms with E-state index in [0.717, 1.165) is 6.07 Å². The summed E-state index contributed by atoms with van der Waals surface area (Å²) in [6.07, 6.45) is -4.69. The van der Waals surface area contributed by atoms with Crippen molar-refractivity contribution in [3.63, 3.8) is 0 Å². The van der Waals surface area contributed by atoms with Gasteiger partial charge in [0, 0.05) is 18.4 Å². The van der Waals surface area contributed by atoms with Gasteiger partial charge in [0.2, 0.25) is 5.91 Å². The van der Waals surface area contributed by atoms with Gasteiger partial charge in [-0.25, -0.2) is 0 Å². The minimum atomic E-state index is -4.53. The molecule has 2 rings (SSSR count). The molecular formula is C17H15F3N2O2. The van der Waals surface area contributed by atoms with Crippen LogP contribution in [0.1, 0.15) is 28.8 Å². The fourth-order valence-corrected chi connectivity index (χ4v) is 2.03. The summed E-state index contributed by atoms with van der Waals surface area (Å²) in [6, 6.07) is 13.3. The molecule has 1 amide bonds. The molecule has 0 atom stereocenters. The Bertz CT molecular complexity index is 715. The lowest BCUT2D eigenvalue weighted by Crippen LogP contribution is -2.30. The van der Waals surface area contributed by atoms with Crippen molar-refractivity contribution in [2.24, 2.45) is 0 Å². The Hall–Kier alpha value is -2.83. The number of nitrogens with one attached hydrogen (secondary N) is 2. The molecule has 2 N–H and O–H groups in total. The predicted molar refractivity (Wildman–Crippen MR) is 83.2 cm³/mol. The zero-order valence-electron chi connectivity index (χ0n) is 12.6. The second-order valence-electron chi connectivity index (χ2n) is 5.01. The van der Waals surface area contributed by atoms with E-state index < -0.39 is 17.6 Å². The van der Waals surface area contributed by atoms with Gasteiger partial charge in [-0.05, 0) is 12.1 Å². The first kappa shape index (κ1) is 17.5. The van der Waals surface area contributed by atoms with Gasteiger partial charge < -0.3 is 0 Å². The first-order valence-electron chi connectivity index (χ1n) is 7.17. The number of benzene rings is 2. The van der Waals surface area contributed by atoms with Crippen molar-refractivity contribution in [1.29, 1.82) is 0 Å². The van der Waals surface area contributed by atoms with E-state index in [1.54, 1.807) is 30.3 Å². The molecule has 0 saturated heterocycles. The number of para-hydroxylation sites is 1. The Morgan fingerprint density at radius 1 is 0.875 bits per heavy atom. The van der Waals surface area contributed by atoms with E-state index in [-0.39, 0.29) is 24.3 Å². The maximum Gasteiger partial charge on any atom is 0.418 e. The average Bonchev–Trinajstić information content (AvgIpc) is 2.58. The molecule has 0 aliphatic rings. The summed E-state index contributed by atoms with van der Waals surface area (Å²) in [7, 11) is 0. The largest absolute Gasteiger partial charge is 0.418 e. The topological polar surface area (TPSA) is 58.2 Å². The Balaban J connectivity index is 1.87. The number of ketones is 1. The van der Waals surface area contributed by atoms with E-state index in [2.05, 4.69) is 10.9 Å². The molecule has 0 spiro atoms. The van der Waals surface area contributed by atoms with Crippen LogP contribution in [0.15, 0.2) is 54.6 Å². The van der Waals surface area contributed by atoms with Gasteiger partial charge in [-0.2, -0.15) is 13.2 Å². The summed E-state index contributed by atoms with van der Waals surface area (Å²) in [5, 5.41) is 0. The molecule has 0 bridgehead atoms. The summed E-state index contributed by atoms with van der Waals surface area (Å²) in [6.45, 7) is 0. The summed E-state index contributed by atoms with van der Waals surface area (Å²) >= 11 is 0. The van der Waals surface area contributed by atoms with Crippen molar-refractivity contribution in [3.05, 3.63) is 65.7 Å². The Morgan fingerprint density at radius 3 is 2.17 bits per heavy atom. The van der Waals surface area contributed by atoms with Crippen LogP contribution in [0.2, 0.25) is 0 Å². The van der Waals surface area contributed by atoms with Crippen molar-refractivity contribution in [1.82, 2.24) is 5.43 Å². The highest BCUT2D eigenvalue weighted by Gasteiger charge is 2.33. The van der Waals surface area contributed by atoms with Crippen LogP contribution in [0.4, 0.5) is 18.9 Å². The number of halogens is 3. The SMILES string of the molecule is O=C(CCC(=O)c1ccccc1)NNc1ccccc1C(F)(F)F. The lowest BCUT2D eigenvalue weighted by molar-refractivity contribution is -0.137. The Labute approximate surface area is 136 Å². The van der Waals surface area contributed by atoms with Gasteiger partial charge >= 0.3 is 6.18 Å². The Kier molecular flexibility index (Phi) is 5.57. The lowest BCUT2D eigenvalue weighted by atomic mass is 10.1. The molecule has 0 aliphatic carbocycles. The number of carbonyl (C=O) groups is 2. The zero-order chi connectivity index (χ0) is 17.6. The molecule has 0 aliphatic heterocycles. The number of rotatable bonds is 6. The van der Waals surface area contributed by atoms with E-state index in [0.29, 0.717) is 5.56 Å². The first-order valence-corrected chi connectivity index (χ1v) is 7.17. The number of anilines is 1. The number of hydrazine groups is 1. The molecule has 24 heavy (non-hydrogen) atoms. The summed E-state index contributed by atoms with van der Waals surface area (Å²) in [5.41, 5.74) is 3.78. The molecule has 7 heteroatoms. The van der Waals surface area contributed by atoms with E-state index in [1.807, 2.05) is 0 Å². The molecule has 0 aromatic heterocycles. The third-order valence-electron chi connectivity index (χ3n) is 3.24. The second-order valence-corrected chi connectivity index (χ2v) is 5.01. The molecule has 0 unspecified atom stereocenters. The van der Waals surface area contributed by atoms with Crippen molar-refractivity contribution >= 4 is 17.4 Å². The zero-order valence-corrected chi connectivity index (χ0v) is 12.6. The fraction of sp³-hybridized carbons (Fsp3) is 0.176. The van der Waals surface area contributed by atoms with Gasteiger partial charge in [0.1, 0.15) is 0 Å². The monoisotopic (exact) mass is 336 g/mol. The molecule has 2 aromatic carbocycles. The van der Waals surface area contributed by atoms with Crippen LogP contribution in [-0.2, 0) is 11.0 Å². The quantitative estimate of drug-likeness (QED) is 0.623. The van der Waals surface area contributed by atoms with Crippen LogP contribution in [-0.4, -0.2) is 11.7 Å². The average molecular weight is 336 g/mol. The molecule has 2 aromatic rings. The van der Waals surface area contributed by atoms with Crippen LogP contribution in [0.3, 0.4) is 0 Å². The molecule has 126 valence electrons. The maximum absolute atomic E-state index is 12.8. The molecular weight excluding hydrogens is 321 g/mol. The lowest BCUT2D eigenvalue weighted by Gasteiger charge is -2.14. The third kappa shape index (κ3) is 4.84. The number of amides is 1. The van der Waals surface area contributed by atoms with Crippen molar-refractivity contribution < 1.29 is 22.8 Å². The first-order chi connectivity index (χ1) is 11.4. The summed E-state index contributed by atoms with van der Waals surface area (Å²) in [4.78, 5) is 23.6. The molecule has 4 nitrogen and oxygen atoms in total. The van der Waals surface area contributed by atoms with Crippen LogP contribution in [0.25, 0.3) is 0 Å². The van der Waals surface area contributed by atoms with Crippen molar-refractivity contribution in [2.75, 3.05) is 5.43 Å². The van der Waals surface area contributed by atoms with Crippen molar-refractivity contribution in [2.45, 2.75) is 19.0 Å². The third-order valence-corrected chi connectivity index (χ3v) is 3.24. The van der Waals surface area contributed by atoms with E-state index in [4.69, 9.17) is 0 Å². The highest BCUT2D eigenvalue weighted by atomic mass is 19.4. The molecule has 0 radical (unpaired) electrons. The summed E-state index contributed by atoms with van der Waals surface area (Å²) < 4.78 is 38.5. The predicted octanol–water partition coefficient (Wildman–Crippen LogP) is 3.81. The number of alkyl halides is 3. The standard InChI is InChI=1S/C17H15F3N2O2/c18-17(19,20)13-8-4-5-9-14(13)21-22-16(24)11-10-15(23)12-6-2-1-3-7-12/h1-9,21H,10-11H2,(H,22,24). The van der Waals surface area contributed by atoms with Gasteiger partial charge in [-0.3, -0.25) is 20.4 Å². The van der Waals surface area contributed by atoms with Crippen molar-refractivity contribution in [3.8, 4) is 0 Å². The van der Waals surface area contributed by atoms with Gasteiger partial charge in [0.25, 0.3) is 0 Å². The number of hydrogen-bond donors (Lipinski definition) is 2. The van der Waals surface area contributed by atoms with E-state index >= 15 is 0 Å². The van der Waals surface area contributed by atoms with Crippen LogP contribution in [0, 0.1) is 0 Å². The number of carbonyl (C=O) groups excluding carboxylic acids is 2. The van der Waals surface area contributed by atoms with Gasteiger partial charge in [0.05, 0.1) is 11.3 Å². The maximum atomic E-state index is 12.8. The molecule has 0 heterocycles. The second kappa shape index (κ2) is 7.63. The fourth-order valence-electron chi connectivity index (χ4n) is 2.03. The van der Waals surface area contributed by atoms with E-state index in [1.165, 1.54) is 18.2 Å². The number of Topliss-reactive ketones (excluding diaryl/α,β-unsaturated/α-hetero) is 1. The van der Waals surface area contributed by atoms with E-state index in [9.17, 15) is 22.8 Å². The van der Waals surface area contributed by atoms with Crippen LogP contribution >= 0.6 is 0 Å². The van der Waals surface area contributed by atoms with Gasteiger partial charge in [-0.1, -0.05) is 42.5 Å².